The molecule has 0 saturated carbocycles. The molecule has 0 amide bonds. The molecule has 136 valence electrons. The molecule has 1 aromatic carbocycles. The molecule has 6 nitrogen and oxygen atoms in total. The van der Waals surface area contributed by atoms with Gasteiger partial charge >= 0.3 is 0 Å². The molecule has 1 heterocycles. The molecule has 0 saturated heterocycles. The van der Waals surface area contributed by atoms with Crippen molar-refractivity contribution in [2.75, 3.05) is 27.2 Å². The maximum atomic E-state index is 5.48. The number of benzene rings is 1. The first-order valence-electron chi connectivity index (χ1n) is 8.73. The third kappa shape index (κ3) is 6.14. The number of nitrogens with zero attached hydrogens (tertiary/aromatic N) is 4. The van der Waals surface area contributed by atoms with E-state index in [9.17, 15) is 0 Å². The van der Waals surface area contributed by atoms with Crippen molar-refractivity contribution in [1.29, 1.82) is 0 Å². The average Bonchev–Trinajstić information content (AvgIpc) is 3.02. The van der Waals surface area contributed by atoms with E-state index >= 15 is 0 Å². The van der Waals surface area contributed by atoms with Crippen LogP contribution in [-0.4, -0.2) is 47.9 Å². The van der Waals surface area contributed by atoms with Gasteiger partial charge in [0.2, 0.25) is 0 Å². The standard InChI is InChI=1S/C19H29N5O/c1-5-25-18-10-8-16(9-11-18)14-23(3)19(20-2)21-12-6-7-17-13-22-24(4)15-17/h8-11,13,15H,5-7,12,14H2,1-4H3,(H,20,21). The summed E-state index contributed by atoms with van der Waals surface area (Å²) >= 11 is 0. The van der Waals surface area contributed by atoms with Gasteiger partial charge in [0.1, 0.15) is 5.75 Å². The second-order valence-electron chi connectivity index (χ2n) is 6.03. The third-order valence-electron chi connectivity index (χ3n) is 3.91. The number of ether oxygens (including phenoxy) is 1. The molecule has 1 aromatic heterocycles. The molecule has 0 atom stereocenters. The number of rotatable bonds is 8. The summed E-state index contributed by atoms with van der Waals surface area (Å²) in [6.07, 6.45) is 6.04. The second-order valence-corrected chi connectivity index (χ2v) is 6.03. The first-order valence-corrected chi connectivity index (χ1v) is 8.73. The SMILES string of the molecule is CCOc1ccc(CN(C)C(=NC)NCCCc2cnn(C)c2)cc1. The summed E-state index contributed by atoms with van der Waals surface area (Å²) in [5.74, 6) is 1.81. The van der Waals surface area contributed by atoms with Crippen LogP contribution in [0.2, 0.25) is 0 Å². The predicted molar refractivity (Wildman–Crippen MR) is 102 cm³/mol. The number of hydrogen-bond acceptors (Lipinski definition) is 3. The Labute approximate surface area is 150 Å². The minimum atomic E-state index is 0.689. The van der Waals surface area contributed by atoms with Gasteiger partial charge in [-0.25, -0.2) is 0 Å². The van der Waals surface area contributed by atoms with Crippen LogP contribution >= 0.6 is 0 Å². The number of nitrogens with one attached hydrogen (secondary N) is 1. The Morgan fingerprint density at radius 3 is 2.64 bits per heavy atom. The van der Waals surface area contributed by atoms with Crippen molar-refractivity contribution in [3.8, 4) is 5.75 Å². The van der Waals surface area contributed by atoms with E-state index in [-0.39, 0.29) is 0 Å². The minimum absolute atomic E-state index is 0.689. The third-order valence-corrected chi connectivity index (χ3v) is 3.91. The zero-order chi connectivity index (χ0) is 18.1. The highest BCUT2D eigenvalue weighted by atomic mass is 16.5. The van der Waals surface area contributed by atoms with Gasteiger partial charge in [0, 0.05) is 40.4 Å². The van der Waals surface area contributed by atoms with Crippen LogP contribution in [0.3, 0.4) is 0 Å². The lowest BCUT2D eigenvalue weighted by Crippen LogP contribution is -2.39. The lowest BCUT2D eigenvalue weighted by Gasteiger charge is -2.22. The van der Waals surface area contributed by atoms with Gasteiger partial charge in [0.05, 0.1) is 12.8 Å². The van der Waals surface area contributed by atoms with Crippen molar-refractivity contribution >= 4 is 5.96 Å². The van der Waals surface area contributed by atoms with Crippen molar-refractivity contribution in [1.82, 2.24) is 20.0 Å². The minimum Gasteiger partial charge on any atom is -0.494 e. The number of aryl methyl sites for hydroxylation is 2. The van der Waals surface area contributed by atoms with E-state index in [1.54, 1.807) is 0 Å². The molecule has 0 spiro atoms. The smallest absolute Gasteiger partial charge is 0.193 e. The molecular weight excluding hydrogens is 314 g/mol. The van der Waals surface area contributed by atoms with Gasteiger partial charge in [0.25, 0.3) is 0 Å². The van der Waals surface area contributed by atoms with Crippen LogP contribution < -0.4 is 10.1 Å². The highest BCUT2D eigenvalue weighted by Crippen LogP contribution is 2.13. The van der Waals surface area contributed by atoms with Crippen molar-refractivity contribution in [2.24, 2.45) is 12.0 Å². The van der Waals surface area contributed by atoms with Crippen LogP contribution in [-0.2, 0) is 20.0 Å². The molecule has 6 heteroatoms. The zero-order valence-electron chi connectivity index (χ0n) is 15.7. The van der Waals surface area contributed by atoms with E-state index in [2.05, 4.69) is 38.6 Å². The number of aliphatic imine (C=N–C) groups is 1. The van der Waals surface area contributed by atoms with Gasteiger partial charge in [-0.05, 0) is 43.0 Å². The first kappa shape index (κ1) is 18.8. The van der Waals surface area contributed by atoms with E-state index in [0.717, 1.165) is 37.6 Å². The van der Waals surface area contributed by atoms with Gasteiger partial charge in [-0.15, -0.1) is 0 Å². The zero-order valence-corrected chi connectivity index (χ0v) is 15.7. The first-order chi connectivity index (χ1) is 12.1. The summed E-state index contributed by atoms with van der Waals surface area (Å²) in [6, 6.07) is 8.21. The number of aromatic nitrogens is 2. The van der Waals surface area contributed by atoms with E-state index in [1.165, 1.54) is 11.1 Å². The Bertz CT molecular complexity index is 663. The summed E-state index contributed by atoms with van der Waals surface area (Å²) in [5.41, 5.74) is 2.49. The summed E-state index contributed by atoms with van der Waals surface area (Å²) in [6.45, 7) is 4.37. The predicted octanol–water partition coefficient (Wildman–Crippen LogP) is 2.46. The molecule has 0 radical (unpaired) electrons. The maximum absolute atomic E-state index is 5.48. The van der Waals surface area contributed by atoms with E-state index < -0.39 is 0 Å². The Kier molecular flexibility index (Phi) is 7.32. The Balaban J connectivity index is 1.76. The number of hydrogen-bond donors (Lipinski definition) is 1. The molecular formula is C19H29N5O. The van der Waals surface area contributed by atoms with Gasteiger partial charge < -0.3 is 15.0 Å². The Hall–Kier alpha value is -2.50. The molecule has 2 rings (SSSR count). The molecule has 0 aliphatic carbocycles. The highest BCUT2D eigenvalue weighted by molar-refractivity contribution is 5.79. The van der Waals surface area contributed by atoms with E-state index in [1.807, 2.05) is 51.1 Å². The lowest BCUT2D eigenvalue weighted by molar-refractivity contribution is 0.340. The van der Waals surface area contributed by atoms with E-state index in [0.29, 0.717) is 6.61 Å². The average molecular weight is 343 g/mol. The molecule has 2 aromatic rings. The largest absolute Gasteiger partial charge is 0.494 e. The molecule has 0 aliphatic heterocycles. The number of guanidine groups is 1. The van der Waals surface area contributed by atoms with E-state index in [4.69, 9.17) is 4.74 Å². The van der Waals surface area contributed by atoms with Crippen molar-refractivity contribution < 1.29 is 4.74 Å². The molecule has 0 fully saturated rings. The quantitative estimate of drug-likeness (QED) is 0.454. The fourth-order valence-electron chi connectivity index (χ4n) is 2.68. The summed E-state index contributed by atoms with van der Waals surface area (Å²) < 4.78 is 7.32. The normalized spacial score (nSPS) is 11.4. The van der Waals surface area contributed by atoms with Crippen molar-refractivity contribution in [3.63, 3.8) is 0 Å². The summed E-state index contributed by atoms with van der Waals surface area (Å²) in [4.78, 5) is 6.49. The van der Waals surface area contributed by atoms with Crippen molar-refractivity contribution in [2.45, 2.75) is 26.3 Å². The van der Waals surface area contributed by atoms with Crippen LogP contribution in [0.1, 0.15) is 24.5 Å². The van der Waals surface area contributed by atoms with Crippen LogP contribution in [0.4, 0.5) is 0 Å². The van der Waals surface area contributed by atoms with Crippen LogP contribution in [0.5, 0.6) is 5.75 Å². The van der Waals surface area contributed by atoms with Crippen LogP contribution in [0.15, 0.2) is 41.7 Å². The van der Waals surface area contributed by atoms with Gasteiger partial charge in [-0.1, -0.05) is 12.1 Å². The molecule has 0 unspecified atom stereocenters. The lowest BCUT2D eigenvalue weighted by atomic mass is 10.2. The van der Waals surface area contributed by atoms with Gasteiger partial charge in [-0.3, -0.25) is 9.67 Å². The molecule has 0 aliphatic rings. The molecule has 0 bridgehead atoms. The fourth-order valence-corrected chi connectivity index (χ4v) is 2.68. The van der Waals surface area contributed by atoms with Crippen LogP contribution in [0, 0.1) is 0 Å². The Morgan fingerprint density at radius 1 is 1.28 bits per heavy atom. The summed E-state index contributed by atoms with van der Waals surface area (Å²) in [7, 11) is 5.81. The summed E-state index contributed by atoms with van der Waals surface area (Å²) in [5, 5.41) is 7.62. The molecule has 25 heavy (non-hydrogen) atoms. The monoisotopic (exact) mass is 343 g/mol. The maximum Gasteiger partial charge on any atom is 0.193 e. The van der Waals surface area contributed by atoms with Gasteiger partial charge in [0.15, 0.2) is 5.96 Å². The fraction of sp³-hybridized carbons (Fsp3) is 0.474. The topological polar surface area (TPSA) is 54.7 Å². The second kappa shape index (κ2) is 9.71. The van der Waals surface area contributed by atoms with Crippen molar-refractivity contribution in [3.05, 3.63) is 47.8 Å². The van der Waals surface area contributed by atoms with Gasteiger partial charge in [-0.2, -0.15) is 5.10 Å². The molecule has 1 N–H and O–H groups in total. The highest BCUT2D eigenvalue weighted by Gasteiger charge is 2.06. The van der Waals surface area contributed by atoms with Crippen LogP contribution in [0.25, 0.3) is 0 Å². The Morgan fingerprint density at radius 2 is 2.04 bits per heavy atom.